The van der Waals surface area contributed by atoms with Gasteiger partial charge in [0.2, 0.25) is 0 Å². The van der Waals surface area contributed by atoms with Crippen molar-refractivity contribution >= 4 is 23.0 Å². The van der Waals surface area contributed by atoms with Crippen LogP contribution in [0.1, 0.15) is 50.2 Å². The lowest BCUT2D eigenvalue weighted by Gasteiger charge is -2.29. The molecule has 33 heavy (non-hydrogen) atoms. The molecule has 0 amide bonds. The first-order chi connectivity index (χ1) is 16.1. The standard InChI is InChI=1S/C26H30N4O2S/c1-18(2)32-20-12-10-19(11-13-20)30-25(24(28-26(30)33)22-8-3-4-14-27-22)23-9-5-15-29(23)17-21-7-6-16-31-21/h3-5,8-15,18,21,24-25H,6-7,16-17H2,1-2H3,(H,28,33)/t21-,24-,25+/m1/s1. The Morgan fingerprint density at radius 3 is 2.70 bits per heavy atom. The Bertz CT molecular complexity index is 1080. The molecule has 1 N–H and O–H groups in total. The van der Waals surface area contributed by atoms with Crippen LogP contribution in [0.25, 0.3) is 0 Å². The summed E-state index contributed by atoms with van der Waals surface area (Å²) in [7, 11) is 0. The van der Waals surface area contributed by atoms with Crippen LogP contribution in [-0.4, -0.2) is 33.5 Å². The lowest BCUT2D eigenvalue weighted by atomic mass is 10.0. The first-order valence-electron chi connectivity index (χ1n) is 11.6. The SMILES string of the molecule is CC(C)Oc1ccc(N2C(=S)N[C@H](c3ccccn3)[C@@H]2c2cccn2C[C@H]2CCCO2)cc1. The van der Waals surface area contributed by atoms with Gasteiger partial charge >= 0.3 is 0 Å². The average Bonchev–Trinajstić information content (AvgIpc) is 3.55. The Balaban J connectivity index is 1.52. The van der Waals surface area contributed by atoms with Crippen molar-refractivity contribution in [2.75, 3.05) is 11.5 Å². The van der Waals surface area contributed by atoms with E-state index in [9.17, 15) is 0 Å². The van der Waals surface area contributed by atoms with E-state index in [0.717, 1.165) is 43.1 Å². The Kier molecular flexibility index (Phi) is 6.33. The van der Waals surface area contributed by atoms with Crippen LogP contribution in [0.3, 0.4) is 0 Å². The Morgan fingerprint density at radius 2 is 2.00 bits per heavy atom. The molecule has 0 aliphatic carbocycles. The minimum Gasteiger partial charge on any atom is -0.491 e. The molecule has 2 fully saturated rings. The molecule has 3 atom stereocenters. The van der Waals surface area contributed by atoms with E-state index in [-0.39, 0.29) is 24.3 Å². The largest absolute Gasteiger partial charge is 0.491 e. The van der Waals surface area contributed by atoms with Gasteiger partial charge in [0.05, 0.1) is 23.9 Å². The lowest BCUT2D eigenvalue weighted by Crippen LogP contribution is -2.31. The highest BCUT2D eigenvalue weighted by Crippen LogP contribution is 2.42. The van der Waals surface area contributed by atoms with E-state index >= 15 is 0 Å². The topological polar surface area (TPSA) is 51.5 Å². The summed E-state index contributed by atoms with van der Waals surface area (Å²) in [6.45, 7) is 5.76. The number of pyridine rings is 1. The molecule has 0 spiro atoms. The smallest absolute Gasteiger partial charge is 0.174 e. The van der Waals surface area contributed by atoms with E-state index in [4.69, 9.17) is 21.7 Å². The molecule has 0 saturated carbocycles. The molecule has 2 saturated heterocycles. The summed E-state index contributed by atoms with van der Waals surface area (Å²) in [4.78, 5) is 6.86. The minimum atomic E-state index is -0.0663. The third-order valence-corrected chi connectivity index (χ3v) is 6.49. The highest BCUT2D eigenvalue weighted by atomic mass is 32.1. The van der Waals surface area contributed by atoms with Gasteiger partial charge in [-0.3, -0.25) is 4.98 Å². The third kappa shape index (κ3) is 4.61. The number of ether oxygens (including phenoxy) is 2. The summed E-state index contributed by atoms with van der Waals surface area (Å²) < 4.78 is 14.1. The van der Waals surface area contributed by atoms with Crippen LogP contribution in [0.15, 0.2) is 67.0 Å². The maximum absolute atomic E-state index is 5.93. The van der Waals surface area contributed by atoms with Crippen molar-refractivity contribution in [3.05, 3.63) is 78.4 Å². The van der Waals surface area contributed by atoms with Gasteiger partial charge in [-0.1, -0.05) is 6.07 Å². The van der Waals surface area contributed by atoms with Gasteiger partial charge in [-0.25, -0.2) is 0 Å². The van der Waals surface area contributed by atoms with Crippen LogP contribution in [0.5, 0.6) is 5.75 Å². The fourth-order valence-corrected chi connectivity index (χ4v) is 5.11. The molecule has 0 unspecified atom stereocenters. The number of benzene rings is 1. The van der Waals surface area contributed by atoms with Crippen LogP contribution in [0.4, 0.5) is 5.69 Å². The highest BCUT2D eigenvalue weighted by Gasteiger charge is 2.42. The van der Waals surface area contributed by atoms with Crippen molar-refractivity contribution in [1.82, 2.24) is 14.9 Å². The van der Waals surface area contributed by atoms with Gasteiger partial charge in [-0.05, 0) is 87.4 Å². The molecule has 172 valence electrons. The number of anilines is 1. The molecular weight excluding hydrogens is 432 g/mol. The maximum Gasteiger partial charge on any atom is 0.174 e. The zero-order valence-electron chi connectivity index (χ0n) is 19.1. The van der Waals surface area contributed by atoms with Crippen LogP contribution < -0.4 is 15.0 Å². The molecule has 0 radical (unpaired) electrons. The van der Waals surface area contributed by atoms with Crippen molar-refractivity contribution in [3.8, 4) is 5.75 Å². The number of nitrogens with one attached hydrogen (secondary N) is 1. The molecule has 2 aliphatic rings. The summed E-state index contributed by atoms with van der Waals surface area (Å²) in [6, 6.07) is 18.4. The van der Waals surface area contributed by atoms with Crippen molar-refractivity contribution in [1.29, 1.82) is 0 Å². The van der Waals surface area contributed by atoms with Crippen molar-refractivity contribution in [3.63, 3.8) is 0 Å². The van der Waals surface area contributed by atoms with E-state index in [2.05, 4.69) is 56.3 Å². The lowest BCUT2D eigenvalue weighted by molar-refractivity contribution is 0.0961. The van der Waals surface area contributed by atoms with Gasteiger partial charge in [-0.15, -0.1) is 0 Å². The van der Waals surface area contributed by atoms with Gasteiger partial charge in [0.15, 0.2) is 5.11 Å². The van der Waals surface area contributed by atoms with Crippen molar-refractivity contribution in [2.24, 2.45) is 0 Å². The van der Waals surface area contributed by atoms with Crippen LogP contribution >= 0.6 is 12.2 Å². The van der Waals surface area contributed by atoms with Crippen LogP contribution in [0.2, 0.25) is 0 Å². The van der Waals surface area contributed by atoms with Gasteiger partial charge in [0.25, 0.3) is 0 Å². The quantitative estimate of drug-likeness (QED) is 0.497. The first kappa shape index (κ1) is 21.9. The van der Waals surface area contributed by atoms with Crippen molar-refractivity contribution in [2.45, 2.75) is 57.5 Å². The summed E-state index contributed by atoms with van der Waals surface area (Å²) in [5.74, 6) is 0.853. The molecule has 6 nitrogen and oxygen atoms in total. The van der Waals surface area contributed by atoms with Crippen LogP contribution in [-0.2, 0) is 11.3 Å². The minimum absolute atomic E-state index is 0.0410. The first-order valence-corrected chi connectivity index (χ1v) is 12.0. The Morgan fingerprint density at radius 1 is 1.15 bits per heavy atom. The van der Waals surface area contributed by atoms with Gasteiger partial charge in [-0.2, -0.15) is 0 Å². The molecule has 2 aromatic heterocycles. The molecule has 4 heterocycles. The van der Waals surface area contributed by atoms with E-state index in [0.29, 0.717) is 5.11 Å². The number of hydrogen-bond donors (Lipinski definition) is 1. The van der Waals surface area contributed by atoms with Gasteiger partial charge in [0, 0.05) is 36.9 Å². The number of aromatic nitrogens is 2. The van der Waals surface area contributed by atoms with Gasteiger partial charge in [0.1, 0.15) is 11.8 Å². The zero-order valence-corrected chi connectivity index (χ0v) is 19.9. The summed E-state index contributed by atoms with van der Waals surface area (Å²) in [6.07, 6.45) is 6.60. The second-order valence-corrected chi connectivity index (χ2v) is 9.26. The fourth-order valence-electron chi connectivity index (χ4n) is 4.76. The second kappa shape index (κ2) is 9.53. The number of hydrogen-bond acceptors (Lipinski definition) is 4. The number of rotatable bonds is 7. The normalized spacial score (nSPS) is 22.7. The van der Waals surface area contributed by atoms with E-state index in [1.54, 1.807) is 0 Å². The van der Waals surface area contributed by atoms with Crippen LogP contribution in [0, 0.1) is 0 Å². The predicted molar refractivity (Wildman–Crippen MR) is 134 cm³/mol. The molecule has 5 rings (SSSR count). The maximum atomic E-state index is 5.93. The summed E-state index contributed by atoms with van der Waals surface area (Å²) in [5, 5.41) is 4.24. The summed E-state index contributed by atoms with van der Waals surface area (Å²) >= 11 is 5.86. The molecule has 1 aromatic carbocycles. The van der Waals surface area contributed by atoms with E-state index in [1.807, 2.05) is 44.3 Å². The van der Waals surface area contributed by atoms with Gasteiger partial charge < -0.3 is 24.3 Å². The monoisotopic (exact) mass is 462 g/mol. The second-order valence-electron chi connectivity index (χ2n) is 8.88. The van der Waals surface area contributed by atoms with E-state index < -0.39 is 0 Å². The van der Waals surface area contributed by atoms with E-state index in [1.165, 1.54) is 5.69 Å². The third-order valence-electron chi connectivity index (χ3n) is 6.18. The average molecular weight is 463 g/mol. The molecule has 3 aromatic rings. The molecular formula is C26H30N4O2S. The number of nitrogens with zero attached hydrogens (tertiary/aromatic N) is 3. The predicted octanol–water partition coefficient (Wildman–Crippen LogP) is 5.03. The zero-order chi connectivity index (χ0) is 22.8. The molecule has 0 bridgehead atoms. The highest BCUT2D eigenvalue weighted by molar-refractivity contribution is 7.80. The molecule has 7 heteroatoms. The Labute approximate surface area is 200 Å². The number of thiocarbonyl (C=S) groups is 1. The summed E-state index contributed by atoms with van der Waals surface area (Å²) in [5.41, 5.74) is 3.19. The Hall–Kier alpha value is -2.90. The fraction of sp³-hybridized carbons (Fsp3) is 0.385. The van der Waals surface area contributed by atoms with Crippen molar-refractivity contribution < 1.29 is 9.47 Å². The molecule has 2 aliphatic heterocycles.